The molecule has 2 heterocycles. The van der Waals surface area contributed by atoms with E-state index in [0.717, 1.165) is 26.5 Å². The summed E-state index contributed by atoms with van der Waals surface area (Å²) in [5.41, 5.74) is 3.15. The Morgan fingerprint density at radius 1 is 1.03 bits per heavy atom. The molecule has 0 N–H and O–H groups in total. The highest BCUT2D eigenvalue weighted by atomic mass is 35.5. The molecule has 3 aromatic carbocycles. The van der Waals surface area contributed by atoms with E-state index in [-0.39, 0.29) is 11.6 Å². The molecule has 148 valence electrons. The molecule has 0 saturated heterocycles. The van der Waals surface area contributed by atoms with E-state index in [2.05, 4.69) is 16.4 Å². The van der Waals surface area contributed by atoms with Crippen molar-refractivity contribution in [3.8, 4) is 22.0 Å². The van der Waals surface area contributed by atoms with Gasteiger partial charge >= 0.3 is 0 Å². The van der Waals surface area contributed by atoms with Gasteiger partial charge in [0.25, 0.3) is 0 Å². The Bertz CT molecular complexity index is 1320. The Balaban J connectivity index is 1.37. The summed E-state index contributed by atoms with van der Waals surface area (Å²) in [7, 11) is 0. The van der Waals surface area contributed by atoms with E-state index in [1.54, 1.807) is 23.6 Å². The summed E-state index contributed by atoms with van der Waals surface area (Å²) in [6.45, 7) is 0.233. The fraction of sp³-hybridized carbons (Fsp3) is 0.0455. The highest BCUT2D eigenvalue weighted by Crippen LogP contribution is 2.35. The van der Waals surface area contributed by atoms with Crippen LogP contribution in [-0.4, -0.2) is 20.0 Å². The zero-order chi connectivity index (χ0) is 20.5. The van der Waals surface area contributed by atoms with E-state index in [9.17, 15) is 4.39 Å². The zero-order valence-corrected chi connectivity index (χ0v) is 17.1. The van der Waals surface area contributed by atoms with Gasteiger partial charge in [-0.15, -0.1) is 16.4 Å². The third-order valence-electron chi connectivity index (χ3n) is 4.50. The molecule has 0 atom stereocenters. The average Bonchev–Trinajstić information content (AvgIpc) is 3.41. The summed E-state index contributed by atoms with van der Waals surface area (Å²) in [6.07, 6.45) is 1.73. The molecule has 8 heteroatoms. The van der Waals surface area contributed by atoms with Crippen molar-refractivity contribution in [2.75, 3.05) is 0 Å². The number of para-hydroxylation sites is 2. The fourth-order valence-electron chi connectivity index (χ4n) is 3.03. The highest BCUT2D eigenvalue weighted by Gasteiger charge is 2.12. The van der Waals surface area contributed by atoms with Gasteiger partial charge in [-0.1, -0.05) is 41.1 Å². The van der Waals surface area contributed by atoms with E-state index in [0.29, 0.717) is 11.4 Å². The van der Waals surface area contributed by atoms with Crippen LogP contribution in [0, 0.1) is 5.82 Å². The van der Waals surface area contributed by atoms with Crippen molar-refractivity contribution in [1.82, 2.24) is 20.0 Å². The van der Waals surface area contributed by atoms with E-state index in [1.165, 1.54) is 16.8 Å². The lowest BCUT2D eigenvalue weighted by atomic mass is 10.2. The largest absolute Gasteiger partial charge is 0.486 e. The van der Waals surface area contributed by atoms with Crippen molar-refractivity contribution in [2.45, 2.75) is 6.61 Å². The Hall–Kier alpha value is -3.29. The van der Waals surface area contributed by atoms with Crippen LogP contribution in [0.15, 0.2) is 72.9 Å². The number of ether oxygens (including phenoxy) is 1. The number of rotatable bonds is 5. The molecular formula is C22H14ClFN4OS. The van der Waals surface area contributed by atoms with Crippen molar-refractivity contribution in [3.05, 3.63) is 89.5 Å². The minimum absolute atomic E-state index is 0.0329. The summed E-state index contributed by atoms with van der Waals surface area (Å²) < 4.78 is 22.1. The molecule has 5 rings (SSSR count). The molecule has 0 saturated carbocycles. The highest BCUT2D eigenvalue weighted by molar-refractivity contribution is 7.21. The van der Waals surface area contributed by atoms with E-state index < -0.39 is 5.82 Å². The molecule has 2 aromatic heterocycles. The third kappa shape index (κ3) is 3.65. The van der Waals surface area contributed by atoms with Crippen LogP contribution >= 0.6 is 22.9 Å². The first-order valence-electron chi connectivity index (χ1n) is 9.12. The average molecular weight is 437 g/mol. The molecule has 5 aromatic rings. The summed E-state index contributed by atoms with van der Waals surface area (Å²) >= 11 is 7.47. The number of thiazole rings is 1. The normalized spacial score (nSPS) is 11.1. The van der Waals surface area contributed by atoms with Crippen LogP contribution in [0.2, 0.25) is 5.02 Å². The molecule has 0 bridgehead atoms. The Kier molecular flexibility index (Phi) is 4.90. The molecule has 0 aliphatic carbocycles. The molecule has 0 aliphatic rings. The maximum absolute atomic E-state index is 13.4. The van der Waals surface area contributed by atoms with Crippen LogP contribution in [0.25, 0.3) is 26.5 Å². The number of benzene rings is 3. The summed E-state index contributed by atoms with van der Waals surface area (Å²) in [6, 6.07) is 20.2. The molecular weight excluding hydrogens is 423 g/mol. The van der Waals surface area contributed by atoms with Gasteiger partial charge in [-0.2, -0.15) is 0 Å². The molecule has 0 spiro atoms. The van der Waals surface area contributed by atoms with Crippen LogP contribution in [0.3, 0.4) is 0 Å². The van der Waals surface area contributed by atoms with Gasteiger partial charge in [-0.3, -0.25) is 0 Å². The maximum atomic E-state index is 13.4. The topological polar surface area (TPSA) is 52.8 Å². The van der Waals surface area contributed by atoms with Crippen molar-refractivity contribution in [3.63, 3.8) is 0 Å². The summed E-state index contributed by atoms with van der Waals surface area (Å²) in [4.78, 5) is 4.72. The van der Waals surface area contributed by atoms with E-state index in [1.807, 2.05) is 42.5 Å². The van der Waals surface area contributed by atoms with Gasteiger partial charge in [0, 0.05) is 0 Å². The molecule has 30 heavy (non-hydrogen) atoms. The zero-order valence-electron chi connectivity index (χ0n) is 15.5. The Morgan fingerprint density at radius 2 is 1.87 bits per heavy atom. The van der Waals surface area contributed by atoms with E-state index >= 15 is 0 Å². The first-order chi connectivity index (χ1) is 14.7. The molecule has 0 fully saturated rings. The molecule has 0 amide bonds. The van der Waals surface area contributed by atoms with Crippen LogP contribution in [-0.2, 0) is 6.61 Å². The summed E-state index contributed by atoms with van der Waals surface area (Å²) in [5, 5.41) is 9.14. The van der Waals surface area contributed by atoms with Crippen LogP contribution in [0.4, 0.5) is 4.39 Å². The van der Waals surface area contributed by atoms with Gasteiger partial charge < -0.3 is 4.74 Å². The SMILES string of the molecule is Fc1ccc(-n2cc(COc3ccccc3-c3nc4ccccc4s3)nn2)cc1Cl. The van der Waals surface area contributed by atoms with Gasteiger partial charge in [-0.05, 0) is 42.5 Å². The monoisotopic (exact) mass is 436 g/mol. The van der Waals surface area contributed by atoms with Gasteiger partial charge in [0.1, 0.15) is 28.9 Å². The smallest absolute Gasteiger partial charge is 0.141 e. The maximum Gasteiger partial charge on any atom is 0.141 e. The van der Waals surface area contributed by atoms with Gasteiger partial charge in [0.05, 0.1) is 32.7 Å². The number of aromatic nitrogens is 4. The number of hydrogen-bond acceptors (Lipinski definition) is 5. The molecule has 5 nitrogen and oxygen atoms in total. The first kappa shape index (κ1) is 18.7. The lowest BCUT2D eigenvalue weighted by Crippen LogP contribution is -1.97. The van der Waals surface area contributed by atoms with Crippen molar-refractivity contribution >= 4 is 33.2 Å². The number of nitrogens with zero attached hydrogens (tertiary/aromatic N) is 4. The minimum atomic E-state index is -0.476. The Labute approximate surface area is 180 Å². The standard InChI is InChI=1S/C22H14ClFN4OS/c23-17-11-15(9-10-18(17)24)28-12-14(26-27-28)13-29-20-7-3-1-5-16(20)22-25-19-6-2-4-8-21(19)30-22/h1-12H,13H2. The second kappa shape index (κ2) is 7.85. The lowest BCUT2D eigenvalue weighted by molar-refractivity contribution is 0.302. The lowest BCUT2D eigenvalue weighted by Gasteiger charge is -2.08. The number of hydrogen-bond donors (Lipinski definition) is 0. The molecule has 0 aliphatic heterocycles. The first-order valence-corrected chi connectivity index (χ1v) is 10.3. The van der Waals surface area contributed by atoms with E-state index in [4.69, 9.17) is 21.3 Å². The molecule has 0 unspecified atom stereocenters. The van der Waals surface area contributed by atoms with Gasteiger partial charge in [0.15, 0.2) is 0 Å². The summed E-state index contributed by atoms with van der Waals surface area (Å²) in [5.74, 6) is 0.242. The minimum Gasteiger partial charge on any atom is -0.486 e. The van der Waals surface area contributed by atoms with Gasteiger partial charge in [-0.25, -0.2) is 14.1 Å². The van der Waals surface area contributed by atoms with Crippen LogP contribution in [0.1, 0.15) is 5.69 Å². The predicted octanol–water partition coefficient (Wildman–Crippen LogP) is 5.92. The van der Waals surface area contributed by atoms with Crippen LogP contribution in [0.5, 0.6) is 5.75 Å². The quantitative estimate of drug-likeness (QED) is 0.343. The van der Waals surface area contributed by atoms with Crippen molar-refractivity contribution in [2.24, 2.45) is 0 Å². The Morgan fingerprint density at radius 3 is 2.73 bits per heavy atom. The second-order valence-corrected chi connectivity index (χ2v) is 7.96. The molecule has 0 radical (unpaired) electrons. The number of fused-ring (bicyclic) bond motifs is 1. The van der Waals surface area contributed by atoms with Gasteiger partial charge in [0.2, 0.25) is 0 Å². The van der Waals surface area contributed by atoms with Crippen molar-refractivity contribution in [1.29, 1.82) is 0 Å². The second-order valence-electron chi connectivity index (χ2n) is 6.52. The van der Waals surface area contributed by atoms with Crippen molar-refractivity contribution < 1.29 is 9.13 Å². The number of halogens is 2. The van der Waals surface area contributed by atoms with Crippen LogP contribution < -0.4 is 4.74 Å². The fourth-order valence-corrected chi connectivity index (χ4v) is 4.20. The third-order valence-corrected chi connectivity index (χ3v) is 5.85. The predicted molar refractivity (Wildman–Crippen MR) is 116 cm³/mol.